The molecule has 0 saturated carbocycles. The minimum absolute atomic E-state index is 0.144. The number of nitrogens with one attached hydrogen (secondary N) is 1. The van der Waals surface area contributed by atoms with Gasteiger partial charge in [-0.2, -0.15) is 4.31 Å². The van der Waals surface area contributed by atoms with Gasteiger partial charge in [-0.1, -0.05) is 6.42 Å². The van der Waals surface area contributed by atoms with Gasteiger partial charge < -0.3 is 14.2 Å². The highest BCUT2D eigenvalue weighted by Crippen LogP contribution is 2.24. The van der Waals surface area contributed by atoms with E-state index in [-0.39, 0.29) is 22.7 Å². The van der Waals surface area contributed by atoms with E-state index in [1.807, 2.05) is 13.0 Å². The van der Waals surface area contributed by atoms with Crippen LogP contribution < -0.4 is 5.32 Å². The third kappa shape index (κ3) is 4.86. The third-order valence-corrected chi connectivity index (χ3v) is 7.05. The van der Waals surface area contributed by atoms with Crippen molar-refractivity contribution in [2.45, 2.75) is 43.5 Å². The Labute approximate surface area is 180 Å². The Morgan fingerprint density at radius 3 is 2.55 bits per heavy atom. The van der Waals surface area contributed by atoms with E-state index < -0.39 is 15.9 Å². The summed E-state index contributed by atoms with van der Waals surface area (Å²) in [5.41, 5.74) is 0.535. The molecule has 4 rings (SSSR count). The summed E-state index contributed by atoms with van der Waals surface area (Å²) in [5, 5.41) is 10.5. The van der Waals surface area contributed by atoms with Gasteiger partial charge in [-0.25, -0.2) is 8.42 Å². The van der Waals surface area contributed by atoms with Crippen LogP contribution in [-0.2, 0) is 16.4 Å². The summed E-state index contributed by atoms with van der Waals surface area (Å²) in [4.78, 5) is 12.6. The van der Waals surface area contributed by atoms with Crippen molar-refractivity contribution in [3.63, 3.8) is 0 Å². The van der Waals surface area contributed by atoms with Crippen LogP contribution in [0.4, 0.5) is 0 Å². The number of carbonyl (C=O) groups excluding carboxylic acids is 1. The molecule has 3 aromatic rings. The SMILES string of the molecule is CC(Cc1ccco1)NC(=O)c1nnc(-c2ccc(S(=O)(=O)N3CCCCC3)cc2)o1. The van der Waals surface area contributed by atoms with Crippen molar-refractivity contribution in [2.24, 2.45) is 0 Å². The Kier molecular flexibility index (Phi) is 6.19. The van der Waals surface area contributed by atoms with E-state index in [0.29, 0.717) is 25.1 Å². The van der Waals surface area contributed by atoms with Crippen molar-refractivity contribution in [1.29, 1.82) is 0 Å². The summed E-state index contributed by atoms with van der Waals surface area (Å²) in [6, 6.07) is 9.69. The van der Waals surface area contributed by atoms with E-state index in [9.17, 15) is 13.2 Å². The first-order valence-electron chi connectivity index (χ1n) is 10.2. The van der Waals surface area contributed by atoms with Gasteiger partial charge in [-0.05, 0) is 56.2 Å². The van der Waals surface area contributed by atoms with Crippen LogP contribution in [0.5, 0.6) is 0 Å². The number of benzene rings is 1. The molecule has 3 heterocycles. The van der Waals surface area contributed by atoms with Gasteiger partial charge in [0.15, 0.2) is 0 Å². The average molecular weight is 445 g/mol. The molecule has 10 heteroatoms. The molecule has 9 nitrogen and oxygen atoms in total. The average Bonchev–Trinajstić information content (AvgIpc) is 3.47. The molecule has 0 aliphatic carbocycles. The minimum atomic E-state index is -3.51. The second-order valence-electron chi connectivity index (χ2n) is 7.56. The second-order valence-corrected chi connectivity index (χ2v) is 9.50. The lowest BCUT2D eigenvalue weighted by molar-refractivity contribution is 0.0905. The molecule has 1 aromatic carbocycles. The number of hydrogen-bond donors (Lipinski definition) is 1. The van der Waals surface area contributed by atoms with Gasteiger partial charge in [0, 0.05) is 31.1 Å². The number of carbonyl (C=O) groups is 1. The predicted molar refractivity (Wildman–Crippen MR) is 112 cm³/mol. The van der Waals surface area contributed by atoms with Crippen molar-refractivity contribution in [3.8, 4) is 11.5 Å². The van der Waals surface area contributed by atoms with E-state index in [0.717, 1.165) is 25.0 Å². The zero-order valence-corrected chi connectivity index (χ0v) is 18.0. The lowest BCUT2D eigenvalue weighted by Gasteiger charge is -2.25. The van der Waals surface area contributed by atoms with Gasteiger partial charge in [0.1, 0.15) is 5.76 Å². The Morgan fingerprint density at radius 2 is 1.87 bits per heavy atom. The quantitative estimate of drug-likeness (QED) is 0.595. The lowest BCUT2D eigenvalue weighted by Crippen LogP contribution is -2.35. The van der Waals surface area contributed by atoms with Gasteiger partial charge in [-0.3, -0.25) is 4.79 Å². The summed E-state index contributed by atoms with van der Waals surface area (Å²) >= 11 is 0. The largest absolute Gasteiger partial charge is 0.469 e. The minimum Gasteiger partial charge on any atom is -0.469 e. The summed E-state index contributed by atoms with van der Waals surface area (Å²) in [7, 11) is -3.51. The van der Waals surface area contributed by atoms with E-state index in [1.54, 1.807) is 24.5 Å². The van der Waals surface area contributed by atoms with E-state index in [1.165, 1.54) is 16.4 Å². The molecule has 1 aliphatic rings. The standard InChI is InChI=1S/C21H24N4O5S/c1-15(14-17-6-5-13-29-17)22-19(26)21-24-23-20(30-21)16-7-9-18(10-8-16)31(27,28)25-11-3-2-4-12-25/h5-10,13,15H,2-4,11-12,14H2,1H3,(H,22,26). The monoisotopic (exact) mass is 444 g/mol. The summed E-state index contributed by atoms with van der Waals surface area (Å²) in [5.74, 6) is 0.262. The van der Waals surface area contributed by atoms with Gasteiger partial charge in [-0.15, -0.1) is 10.2 Å². The molecule has 1 N–H and O–H groups in total. The number of piperidine rings is 1. The number of nitrogens with zero attached hydrogens (tertiary/aromatic N) is 3. The lowest BCUT2D eigenvalue weighted by atomic mass is 10.2. The molecule has 1 aliphatic heterocycles. The maximum Gasteiger partial charge on any atom is 0.309 e. The first kappa shape index (κ1) is 21.3. The van der Waals surface area contributed by atoms with E-state index in [4.69, 9.17) is 8.83 Å². The normalized spacial score (nSPS) is 16.2. The first-order chi connectivity index (χ1) is 14.9. The number of hydrogen-bond acceptors (Lipinski definition) is 7. The van der Waals surface area contributed by atoms with Crippen molar-refractivity contribution in [3.05, 3.63) is 54.3 Å². The number of furan rings is 1. The maximum atomic E-state index is 12.8. The fraction of sp³-hybridized carbons (Fsp3) is 0.381. The topological polar surface area (TPSA) is 119 Å². The van der Waals surface area contributed by atoms with Gasteiger partial charge in [0.2, 0.25) is 15.9 Å². The van der Waals surface area contributed by atoms with Crippen LogP contribution in [0.3, 0.4) is 0 Å². The Balaban J connectivity index is 1.42. The predicted octanol–water partition coefficient (Wildman–Crippen LogP) is 2.87. The summed E-state index contributed by atoms with van der Waals surface area (Å²) in [6.45, 7) is 2.94. The highest BCUT2D eigenvalue weighted by molar-refractivity contribution is 7.89. The number of amides is 1. The van der Waals surface area contributed by atoms with Crippen LogP contribution in [-0.4, -0.2) is 48.0 Å². The van der Waals surface area contributed by atoms with E-state index >= 15 is 0 Å². The third-order valence-electron chi connectivity index (χ3n) is 5.14. The molecular formula is C21H24N4O5S. The van der Waals surface area contributed by atoms with Crippen LogP contribution in [0, 0.1) is 0 Å². The molecule has 164 valence electrons. The number of rotatable bonds is 7. The Hall–Kier alpha value is -2.98. The van der Waals surface area contributed by atoms with Crippen LogP contribution in [0.25, 0.3) is 11.5 Å². The molecule has 1 unspecified atom stereocenters. The second kappa shape index (κ2) is 9.03. The fourth-order valence-electron chi connectivity index (χ4n) is 3.52. The van der Waals surface area contributed by atoms with Crippen LogP contribution in [0.2, 0.25) is 0 Å². The van der Waals surface area contributed by atoms with Crippen molar-refractivity contribution in [2.75, 3.05) is 13.1 Å². The Bertz CT molecular complexity index is 1120. The summed E-state index contributed by atoms with van der Waals surface area (Å²) in [6.07, 6.45) is 4.93. The molecular weight excluding hydrogens is 420 g/mol. The van der Waals surface area contributed by atoms with Gasteiger partial charge in [0.25, 0.3) is 0 Å². The van der Waals surface area contributed by atoms with Crippen LogP contribution in [0.15, 0.2) is 56.4 Å². The highest BCUT2D eigenvalue weighted by Gasteiger charge is 2.26. The zero-order valence-electron chi connectivity index (χ0n) is 17.2. The first-order valence-corrected chi connectivity index (χ1v) is 11.6. The molecule has 2 aromatic heterocycles. The fourth-order valence-corrected chi connectivity index (χ4v) is 5.04. The smallest absolute Gasteiger partial charge is 0.309 e. The molecule has 31 heavy (non-hydrogen) atoms. The molecule has 1 fully saturated rings. The number of sulfonamides is 1. The number of aromatic nitrogens is 2. The van der Waals surface area contributed by atoms with Gasteiger partial charge >= 0.3 is 11.8 Å². The highest BCUT2D eigenvalue weighted by atomic mass is 32.2. The van der Waals surface area contributed by atoms with Crippen LogP contribution >= 0.6 is 0 Å². The molecule has 1 atom stereocenters. The maximum absolute atomic E-state index is 12.8. The molecule has 0 bridgehead atoms. The zero-order chi connectivity index (χ0) is 21.8. The van der Waals surface area contributed by atoms with Crippen molar-refractivity contribution < 1.29 is 22.0 Å². The van der Waals surface area contributed by atoms with Gasteiger partial charge in [0.05, 0.1) is 11.2 Å². The molecule has 0 spiro atoms. The van der Waals surface area contributed by atoms with Crippen molar-refractivity contribution in [1.82, 2.24) is 19.8 Å². The Morgan fingerprint density at radius 1 is 1.13 bits per heavy atom. The summed E-state index contributed by atoms with van der Waals surface area (Å²) < 4.78 is 37.8. The van der Waals surface area contributed by atoms with E-state index in [2.05, 4.69) is 15.5 Å². The molecule has 0 radical (unpaired) electrons. The van der Waals surface area contributed by atoms with Crippen molar-refractivity contribution >= 4 is 15.9 Å². The molecule has 1 saturated heterocycles. The van der Waals surface area contributed by atoms with Crippen LogP contribution in [0.1, 0.15) is 42.6 Å². The molecule has 1 amide bonds.